The summed E-state index contributed by atoms with van der Waals surface area (Å²) in [6, 6.07) is 6.28. The Labute approximate surface area is 167 Å². The fraction of sp³-hybridized carbons (Fsp3) is 0.611. The number of rotatable bonds is 6. The third-order valence-electron chi connectivity index (χ3n) is 4.68. The molecule has 0 unspecified atom stereocenters. The highest BCUT2D eigenvalue weighted by molar-refractivity contribution is 7.92. The first-order chi connectivity index (χ1) is 12.8. The fourth-order valence-corrected chi connectivity index (χ4v) is 4.54. The van der Waals surface area contributed by atoms with Gasteiger partial charge in [-0.2, -0.15) is 0 Å². The number of sulfonamides is 2. The Morgan fingerprint density at radius 3 is 1.89 bits per heavy atom. The first kappa shape index (κ1) is 22.6. The molecule has 0 aromatic heterocycles. The van der Waals surface area contributed by atoms with Crippen LogP contribution in [0, 0.1) is 5.92 Å². The number of hydrogen-bond acceptors (Lipinski definition) is 5. The maximum Gasteiger partial charge on any atom is 0.229 e. The number of carbonyl (C=O) groups is 1. The Kier molecular flexibility index (Phi) is 6.78. The highest BCUT2D eigenvalue weighted by atomic mass is 32.2. The summed E-state index contributed by atoms with van der Waals surface area (Å²) in [5.41, 5.74) is 1.01. The molecule has 1 aromatic rings. The molecule has 1 aliphatic rings. The molecule has 158 valence electrons. The van der Waals surface area contributed by atoms with Gasteiger partial charge < -0.3 is 5.32 Å². The first-order valence-electron chi connectivity index (χ1n) is 9.17. The van der Waals surface area contributed by atoms with Crippen molar-refractivity contribution < 1.29 is 21.6 Å². The van der Waals surface area contributed by atoms with Crippen molar-refractivity contribution in [2.24, 2.45) is 5.92 Å². The zero-order valence-corrected chi connectivity index (χ0v) is 18.3. The van der Waals surface area contributed by atoms with Crippen LogP contribution >= 0.6 is 0 Å². The van der Waals surface area contributed by atoms with Crippen LogP contribution in [-0.4, -0.2) is 39.8 Å². The average Bonchev–Trinajstić information content (AvgIpc) is 2.54. The number of hydrogen-bond donors (Lipinski definition) is 3. The van der Waals surface area contributed by atoms with Crippen molar-refractivity contribution in [3.63, 3.8) is 0 Å². The standard InChI is InChI=1S/C18H29N3O5S2/c1-18(2,3)28(25,26)21-16-7-5-13(6-8-16)17(22)19-14-9-11-15(12-10-14)20-27(4,23)24/h9-13,16,20-21H,5-8H2,1-4H3,(H,19,22). The van der Waals surface area contributed by atoms with Crippen molar-refractivity contribution in [2.45, 2.75) is 57.2 Å². The topological polar surface area (TPSA) is 121 Å². The highest BCUT2D eigenvalue weighted by Gasteiger charge is 2.34. The van der Waals surface area contributed by atoms with E-state index in [2.05, 4.69) is 14.8 Å². The van der Waals surface area contributed by atoms with Gasteiger partial charge in [0.25, 0.3) is 0 Å². The molecular formula is C18H29N3O5S2. The summed E-state index contributed by atoms with van der Waals surface area (Å²) in [7, 11) is -6.74. The Bertz CT molecular complexity index is 896. The van der Waals surface area contributed by atoms with E-state index in [1.165, 1.54) is 0 Å². The minimum Gasteiger partial charge on any atom is -0.326 e. The molecular weight excluding hydrogens is 402 g/mol. The van der Waals surface area contributed by atoms with E-state index < -0.39 is 24.8 Å². The SMILES string of the molecule is CC(C)(C)S(=O)(=O)NC1CCC(C(=O)Nc2ccc(NS(C)(=O)=O)cc2)CC1. The Hall–Kier alpha value is -1.65. The summed E-state index contributed by atoms with van der Waals surface area (Å²) < 4.78 is 51.2. The van der Waals surface area contributed by atoms with Crippen molar-refractivity contribution in [1.29, 1.82) is 0 Å². The molecule has 1 fully saturated rings. The van der Waals surface area contributed by atoms with Crippen LogP contribution in [0.3, 0.4) is 0 Å². The second-order valence-corrected chi connectivity index (χ2v) is 12.4. The second-order valence-electron chi connectivity index (χ2n) is 8.22. The van der Waals surface area contributed by atoms with Gasteiger partial charge in [0.05, 0.1) is 11.0 Å². The number of benzene rings is 1. The molecule has 0 atom stereocenters. The number of anilines is 2. The quantitative estimate of drug-likeness (QED) is 0.638. The van der Waals surface area contributed by atoms with E-state index in [0.29, 0.717) is 37.1 Å². The lowest BCUT2D eigenvalue weighted by atomic mass is 9.86. The van der Waals surface area contributed by atoms with Gasteiger partial charge >= 0.3 is 0 Å². The van der Waals surface area contributed by atoms with Crippen LogP contribution in [0.25, 0.3) is 0 Å². The van der Waals surface area contributed by atoms with Crippen molar-refractivity contribution in [3.8, 4) is 0 Å². The minimum absolute atomic E-state index is 0.110. The van der Waals surface area contributed by atoms with Crippen LogP contribution in [0.1, 0.15) is 46.5 Å². The van der Waals surface area contributed by atoms with E-state index in [4.69, 9.17) is 0 Å². The predicted octanol–water partition coefficient (Wildman–Crippen LogP) is 2.27. The summed E-state index contributed by atoms with van der Waals surface area (Å²) in [6.45, 7) is 4.97. The number of carbonyl (C=O) groups excluding carboxylic acids is 1. The van der Waals surface area contributed by atoms with E-state index in [1.54, 1.807) is 45.0 Å². The van der Waals surface area contributed by atoms with Crippen LogP contribution in [-0.2, 0) is 24.8 Å². The van der Waals surface area contributed by atoms with Gasteiger partial charge in [0, 0.05) is 23.3 Å². The molecule has 28 heavy (non-hydrogen) atoms. The maximum absolute atomic E-state index is 12.5. The molecule has 1 saturated carbocycles. The summed E-state index contributed by atoms with van der Waals surface area (Å²) in [5.74, 6) is -0.287. The number of nitrogens with one attached hydrogen (secondary N) is 3. The highest BCUT2D eigenvalue weighted by Crippen LogP contribution is 2.27. The van der Waals surface area contributed by atoms with Gasteiger partial charge in [-0.25, -0.2) is 21.6 Å². The molecule has 2 rings (SSSR count). The van der Waals surface area contributed by atoms with E-state index in [0.717, 1.165) is 6.26 Å². The summed E-state index contributed by atoms with van der Waals surface area (Å²) in [6.07, 6.45) is 3.52. The van der Waals surface area contributed by atoms with Crippen molar-refractivity contribution in [1.82, 2.24) is 4.72 Å². The minimum atomic E-state index is -3.40. The molecule has 0 aliphatic heterocycles. The lowest BCUT2D eigenvalue weighted by molar-refractivity contribution is -0.120. The van der Waals surface area contributed by atoms with Gasteiger partial charge in [-0.1, -0.05) is 0 Å². The largest absolute Gasteiger partial charge is 0.326 e. The number of amides is 1. The van der Waals surface area contributed by atoms with Gasteiger partial charge in [-0.3, -0.25) is 9.52 Å². The molecule has 10 heteroatoms. The van der Waals surface area contributed by atoms with Crippen molar-refractivity contribution >= 4 is 37.3 Å². The van der Waals surface area contributed by atoms with E-state index in [1.807, 2.05) is 0 Å². The van der Waals surface area contributed by atoms with Gasteiger partial charge in [-0.15, -0.1) is 0 Å². The van der Waals surface area contributed by atoms with Crippen molar-refractivity contribution in [2.75, 3.05) is 16.3 Å². The zero-order valence-electron chi connectivity index (χ0n) is 16.7. The van der Waals surface area contributed by atoms with Gasteiger partial charge in [-0.05, 0) is 70.7 Å². The Morgan fingerprint density at radius 2 is 1.43 bits per heavy atom. The molecule has 0 saturated heterocycles. The Morgan fingerprint density at radius 1 is 0.929 bits per heavy atom. The fourth-order valence-electron chi connectivity index (χ4n) is 2.95. The summed E-state index contributed by atoms with van der Waals surface area (Å²) >= 11 is 0. The maximum atomic E-state index is 12.5. The molecule has 1 aromatic carbocycles. The van der Waals surface area contributed by atoms with E-state index >= 15 is 0 Å². The monoisotopic (exact) mass is 431 g/mol. The zero-order chi connectivity index (χ0) is 21.2. The molecule has 0 bridgehead atoms. The van der Waals surface area contributed by atoms with Crippen LogP contribution in [0.4, 0.5) is 11.4 Å². The average molecular weight is 432 g/mol. The van der Waals surface area contributed by atoms with E-state index in [9.17, 15) is 21.6 Å². The van der Waals surface area contributed by atoms with Crippen LogP contribution in [0.15, 0.2) is 24.3 Å². The first-order valence-corrected chi connectivity index (χ1v) is 12.5. The lowest BCUT2D eigenvalue weighted by Gasteiger charge is -2.30. The molecule has 1 aliphatic carbocycles. The molecule has 8 nitrogen and oxygen atoms in total. The smallest absolute Gasteiger partial charge is 0.229 e. The second kappa shape index (κ2) is 8.38. The van der Waals surface area contributed by atoms with Crippen molar-refractivity contribution in [3.05, 3.63) is 24.3 Å². The van der Waals surface area contributed by atoms with Crippen LogP contribution < -0.4 is 14.8 Å². The Balaban J connectivity index is 1.87. The van der Waals surface area contributed by atoms with Gasteiger partial charge in [0.2, 0.25) is 26.0 Å². The van der Waals surface area contributed by atoms with Crippen LogP contribution in [0.2, 0.25) is 0 Å². The third-order valence-corrected chi connectivity index (χ3v) is 7.54. The molecule has 0 heterocycles. The molecule has 3 N–H and O–H groups in total. The van der Waals surface area contributed by atoms with Crippen LogP contribution in [0.5, 0.6) is 0 Å². The van der Waals surface area contributed by atoms with Gasteiger partial charge in [0.15, 0.2) is 0 Å². The third kappa shape index (κ3) is 6.46. The molecule has 1 amide bonds. The molecule has 0 spiro atoms. The lowest BCUT2D eigenvalue weighted by Crippen LogP contribution is -2.46. The summed E-state index contributed by atoms with van der Waals surface area (Å²) in [5, 5.41) is 2.83. The molecule has 0 radical (unpaired) electrons. The summed E-state index contributed by atoms with van der Waals surface area (Å²) in [4.78, 5) is 12.5. The van der Waals surface area contributed by atoms with E-state index in [-0.39, 0.29) is 17.9 Å². The van der Waals surface area contributed by atoms with Gasteiger partial charge in [0.1, 0.15) is 0 Å². The predicted molar refractivity (Wildman–Crippen MR) is 111 cm³/mol. The normalized spacial score (nSPS) is 21.1.